The summed E-state index contributed by atoms with van der Waals surface area (Å²) in [6.07, 6.45) is 2.23. The van der Waals surface area contributed by atoms with Crippen molar-refractivity contribution in [2.75, 3.05) is 0 Å². The van der Waals surface area contributed by atoms with Gasteiger partial charge in [0.1, 0.15) is 5.01 Å². The lowest BCUT2D eigenvalue weighted by molar-refractivity contribution is 0.275. The van der Waals surface area contributed by atoms with Crippen LogP contribution in [0.2, 0.25) is 0 Å². The van der Waals surface area contributed by atoms with Gasteiger partial charge < -0.3 is 5.11 Å². The molecule has 0 radical (unpaired) electrons. The molecule has 5 heteroatoms. The molecule has 0 aliphatic heterocycles. The number of aryl methyl sites for hydroxylation is 2. The number of hydrogen-bond acceptors (Lipinski definition) is 4. The van der Waals surface area contributed by atoms with Gasteiger partial charge in [-0.05, 0) is 18.9 Å². The Bertz CT molecular complexity index is 727. The lowest BCUT2D eigenvalue weighted by Crippen LogP contribution is -1.95. The van der Waals surface area contributed by atoms with E-state index in [4.69, 9.17) is 0 Å². The number of aliphatic hydroxyl groups is 1. The Hall–Kier alpha value is -1.72. The predicted octanol–water partition coefficient (Wildman–Crippen LogP) is 3.21. The molecular formula is C15H17N3OS. The third-order valence-electron chi connectivity index (χ3n) is 3.31. The number of rotatable bonds is 4. The SMILES string of the molecule is CCCc1ccc(-c2nc3sc(C)nn3c2CO)cc1. The van der Waals surface area contributed by atoms with Crippen molar-refractivity contribution in [3.63, 3.8) is 0 Å². The topological polar surface area (TPSA) is 50.4 Å². The molecule has 0 fully saturated rings. The van der Waals surface area contributed by atoms with Gasteiger partial charge in [0, 0.05) is 5.56 Å². The normalized spacial score (nSPS) is 11.3. The van der Waals surface area contributed by atoms with Gasteiger partial charge in [-0.25, -0.2) is 9.50 Å². The van der Waals surface area contributed by atoms with Gasteiger partial charge in [-0.2, -0.15) is 5.10 Å². The van der Waals surface area contributed by atoms with Crippen molar-refractivity contribution in [3.05, 3.63) is 40.5 Å². The number of nitrogens with zero attached hydrogens (tertiary/aromatic N) is 3. The van der Waals surface area contributed by atoms with E-state index in [0.29, 0.717) is 0 Å². The second-order valence-electron chi connectivity index (χ2n) is 4.83. The van der Waals surface area contributed by atoms with Crippen molar-refractivity contribution in [2.24, 2.45) is 0 Å². The van der Waals surface area contributed by atoms with Crippen LogP contribution in [0.15, 0.2) is 24.3 Å². The molecule has 0 atom stereocenters. The molecule has 3 aromatic rings. The number of hydrogen-bond donors (Lipinski definition) is 1. The number of imidazole rings is 1. The molecule has 0 unspecified atom stereocenters. The van der Waals surface area contributed by atoms with Crippen LogP contribution in [-0.4, -0.2) is 19.7 Å². The Labute approximate surface area is 121 Å². The molecule has 1 N–H and O–H groups in total. The van der Waals surface area contributed by atoms with Crippen LogP contribution in [0.25, 0.3) is 16.2 Å². The summed E-state index contributed by atoms with van der Waals surface area (Å²) in [6.45, 7) is 4.06. The van der Waals surface area contributed by atoms with Crippen molar-refractivity contribution >= 4 is 16.3 Å². The van der Waals surface area contributed by atoms with Crippen LogP contribution in [0, 0.1) is 6.92 Å². The third-order valence-corrected chi connectivity index (χ3v) is 4.14. The molecule has 0 saturated carbocycles. The molecule has 3 rings (SSSR count). The molecule has 0 spiro atoms. The van der Waals surface area contributed by atoms with Crippen molar-refractivity contribution in [2.45, 2.75) is 33.3 Å². The predicted molar refractivity (Wildman–Crippen MR) is 81.0 cm³/mol. The average Bonchev–Trinajstić information content (AvgIpc) is 2.95. The van der Waals surface area contributed by atoms with Crippen molar-refractivity contribution in [1.29, 1.82) is 0 Å². The first kappa shape index (κ1) is 13.3. The maximum absolute atomic E-state index is 9.62. The van der Waals surface area contributed by atoms with E-state index in [0.717, 1.165) is 39.8 Å². The van der Waals surface area contributed by atoms with Crippen molar-refractivity contribution < 1.29 is 5.11 Å². The van der Waals surface area contributed by atoms with E-state index in [1.54, 1.807) is 4.52 Å². The molecule has 0 saturated heterocycles. The molecule has 104 valence electrons. The summed E-state index contributed by atoms with van der Waals surface area (Å²) in [6, 6.07) is 8.41. The van der Waals surface area contributed by atoms with Crippen LogP contribution < -0.4 is 0 Å². The van der Waals surface area contributed by atoms with Crippen molar-refractivity contribution in [1.82, 2.24) is 14.6 Å². The summed E-state index contributed by atoms with van der Waals surface area (Å²) in [4.78, 5) is 5.44. The van der Waals surface area contributed by atoms with Gasteiger partial charge in [-0.1, -0.05) is 48.9 Å². The average molecular weight is 287 g/mol. The second-order valence-corrected chi connectivity index (χ2v) is 5.99. The molecule has 1 aromatic carbocycles. The Morgan fingerprint density at radius 1 is 1.25 bits per heavy atom. The molecule has 0 bridgehead atoms. The van der Waals surface area contributed by atoms with Crippen molar-refractivity contribution in [3.8, 4) is 11.3 Å². The molecule has 0 aliphatic rings. The van der Waals surface area contributed by atoms with E-state index in [1.807, 2.05) is 6.92 Å². The zero-order valence-electron chi connectivity index (χ0n) is 11.6. The number of fused-ring (bicyclic) bond motifs is 1. The minimum atomic E-state index is -0.0591. The van der Waals surface area contributed by atoms with Crippen LogP contribution in [0.5, 0.6) is 0 Å². The number of aromatic nitrogens is 3. The Morgan fingerprint density at radius 2 is 2.00 bits per heavy atom. The zero-order chi connectivity index (χ0) is 14.1. The standard InChI is InChI=1S/C15H17N3OS/c1-3-4-11-5-7-12(8-6-11)14-13(9-19)18-15(16-14)20-10(2)17-18/h5-8,19H,3-4,9H2,1-2H3. The highest BCUT2D eigenvalue weighted by Gasteiger charge is 2.16. The van der Waals surface area contributed by atoms with Gasteiger partial charge in [-0.15, -0.1) is 0 Å². The van der Waals surface area contributed by atoms with Crippen LogP contribution in [0.1, 0.15) is 29.6 Å². The van der Waals surface area contributed by atoms with Crippen LogP contribution in [0.4, 0.5) is 0 Å². The number of aliphatic hydroxyl groups excluding tert-OH is 1. The Morgan fingerprint density at radius 3 is 2.65 bits per heavy atom. The monoisotopic (exact) mass is 287 g/mol. The maximum atomic E-state index is 9.62. The van der Waals surface area contributed by atoms with E-state index >= 15 is 0 Å². The largest absolute Gasteiger partial charge is 0.390 e. The summed E-state index contributed by atoms with van der Waals surface area (Å²) in [5.41, 5.74) is 3.95. The van der Waals surface area contributed by atoms with Gasteiger partial charge in [0.25, 0.3) is 0 Å². The van der Waals surface area contributed by atoms with Crippen LogP contribution in [-0.2, 0) is 13.0 Å². The third kappa shape index (κ3) is 2.23. The lowest BCUT2D eigenvalue weighted by Gasteiger charge is -2.03. The van der Waals surface area contributed by atoms with E-state index < -0.39 is 0 Å². The van der Waals surface area contributed by atoms with Crippen LogP contribution in [0.3, 0.4) is 0 Å². The summed E-state index contributed by atoms with van der Waals surface area (Å²) in [5, 5.41) is 15.0. The smallest absolute Gasteiger partial charge is 0.213 e. The van der Waals surface area contributed by atoms with Gasteiger partial charge in [0.15, 0.2) is 0 Å². The first-order chi connectivity index (χ1) is 9.72. The summed E-state index contributed by atoms with van der Waals surface area (Å²) in [5.74, 6) is 0. The molecule has 2 aromatic heterocycles. The summed E-state index contributed by atoms with van der Waals surface area (Å²) in [7, 11) is 0. The first-order valence-corrected chi connectivity index (χ1v) is 7.59. The second kappa shape index (κ2) is 5.34. The molecule has 0 aliphatic carbocycles. The highest BCUT2D eigenvalue weighted by atomic mass is 32.1. The minimum Gasteiger partial charge on any atom is -0.390 e. The Kier molecular flexibility index (Phi) is 3.54. The highest BCUT2D eigenvalue weighted by Crippen LogP contribution is 2.27. The zero-order valence-corrected chi connectivity index (χ0v) is 12.4. The molecule has 4 nitrogen and oxygen atoms in total. The fraction of sp³-hybridized carbons (Fsp3) is 0.333. The maximum Gasteiger partial charge on any atom is 0.213 e. The van der Waals surface area contributed by atoms with Gasteiger partial charge in [-0.3, -0.25) is 0 Å². The van der Waals surface area contributed by atoms with E-state index in [2.05, 4.69) is 41.3 Å². The quantitative estimate of drug-likeness (QED) is 0.801. The Balaban J connectivity index is 2.06. The van der Waals surface area contributed by atoms with Gasteiger partial charge >= 0.3 is 0 Å². The van der Waals surface area contributed by atoms with Gasteiger partial charge in [0.05, 0.1) is 18.0 Å². The van der Waals surface area contributed by atoms with Crippen LogP contribution >= 0.6 is 11.3 Å². The highest BCUT2D eigenvalue weighted by molar-refractivity contribution is 7.16. The lowest BCUT2D eigenvalue weighted by atomic mass is 10.1. The fourth-order valence-electron chi connectivity index (χ4n) is 2.38. The van der Waals surface area contributed by atoms with E-state index in [-0.39, 0.29) is 6.61 Å². The minimum absolute atomic E-state index is 0.0591. The molecule has 2 heterocycles. The van der Waals surface area contributed by atoms with Gasteiger partial charge in [0.2, 0.25) is 4.96 Å². The first-order valence-electron chi connectivity index (χ1n) is 6.78. The summed E-state index contributed by atoms with van der Waals surface area (Å²) >= 11 is 1.54. The molecule has 0 amide bonds. The molecular weight excluding hydrogens is 270 g/mol. The molecule has 20 heavy (non-hydrogen) atoms. The number of benzene rings is 1. The van der Waals surface area contributed by atoms with E-state index in [9.17, 15) is 5.11 Å². The summed E-state index contributed by atoms with van der Waals surface area (Å²) < 4.78 is 1.75. The van der Waals surface area contributed by atoms with E-state index in [1.165, 1.54) is 16.9 Å². The fourth-order valence-corrected chi connectivity index (χ4v) is 3.14.